The molecular weight excluding hydrogens is 488 g/mol. The number of allylic oxidation sites excluding steroid dienone is 5. The molecule has 12 heteroatoms. The number of aliphatic carboxylic acids is 1. The van der Waals surface area contributed by atoms with Crippen molar-refractivity contribution in [3.63, 3.8) is 0 Å². The van der Waals surface area contributed by atoms with Crippen molar-refractivity contribution in [3.8, 4) is 5.75 Å². The number of aromatic nitrogens is 1. The minimum absolute atomic E-state index is 0.0107. The van der Waals surface area contributed by atoms with Crippen molar-refractivity contribution < 1.29 is 33.6 Å². The zero-order valence-electron chi connectivity index (χ0n) is 19.6. The lowest BCUT2D eigenvalue weighted by molar-refractivity contribution is -0.368. The number of hydrogen-bond acceptors (Lipinski definition) is 6. The number of nitrogens with zero attached hydrogens (tertiary/aromatic N) is 1. The Labute approximate surface area is 208 Å². The number of carbonyl (C=O) groups excluding carboxylic acids is 1. The Morgan fingerprint density at radius 2 is 2.00 bits per heavy atom. The number of nitrogens with one attached hydrogen (secondary N) is 2. The van der Waals surface area contributed by atoms with Crippen LogP contribution in [0.15, 0.2) is 70.5 Å². The fourth-order valence-corrected chi connectivity index (χ4v) is 4.65. The number of amides is 1. The summed E-state index contributed by atoms with van der Waals surface area (Å²) >= 11 is 0. The molecule has 192 valence electrons. The molecule has 0 bridgehead atoms. The van der Waals surface area contributed by atoms with E-state index in [1.54, 1.807) is 24.3 Å². The first-order valence-corrected chi connectivity index (χ1v) is 12.8. The molecule has 1 aliphatic rings. The Kier molecular flexibility index (Phi) is 9.17. The highest BCUT2D eigenvalue weighted by molar-refractivity contribution is 7.93. The first-order chi connectivity index (χ1) is 17.2. The number of carboxylic acids is 1. The van der Waals surface area contributed by atoms with Gasteiger partial charge < -0.3 is 20.9 Å². The second-order valence-corrected chi connectivity index (χ2v) is 9.72. The molecule has 1 amide bonds. The van der Waals surface area contributed by atoms with Crippen molar-refractivity contribution in [2.75, 3.05) is 19.7 Å². The van der Waals surface area contributed by atoms with E-state index in [9.17, 15) is 27.9 Å². The van der Waals surface area contributed by atoms with Gasteiger partial charge in [-0.1, -0.05) is 24.3 Å². The van der Waals surface area contributed by atoms with Gasteiger partial charge in [0.05, 0.1) is 24.3 Å². The lowest BCUT2D eigenvalue weighted by Gasteiger charge is -2.16. The van der Waals surface area contributed by atoms with Gasteiger partial charge in [-0.2, -0.15) is 4.72 Å². The minimum Gasteiger partial charge on any atom is -0.492 e. The molecule has 6 N–H and O–H groups in total. The number of sulfonamides is 1. The quantitative estimate of drug-likeness (QED) is 0.291. The molecular formula is C24H29N4O7S+. The zero-order chi connectivity index (χ0) is 26.1. The largest absolute Gasteiger partial charge is 0.492 e. The van der Waals surface area contributed by atoms with Crippen molar-refractivity contribution in [2.45, 2.75) is 25.3 Å². The fourth-order valence-electron chi connectivity index (χ4n) is 3.38. The first kappa shape index (κ1) is 26.9. The van der Waals surface area contributed by atoms with Crippen LogP contribution in [0, 0.1) is 0 Å². The zero-order valence-corrected chi connectivity index (χ0v) is 20.4. The van der Waals surface area contributed by atoms with Crippen LogP contribution in [-0.4, -0.2) is 55.5 Å². The summed E-state index contributed by atoms with van der Waals surface area (Å²) in [6.45, 7) is 0.787. The van der Waals surface area contributed by atoms with Gasteiger partial charge in [-0.25, -0.2) is 8.42 Å². The van der Waals surface area contributed by atoms with Gasteiger partial charge >= 0.3 is 5.97 Å². The van der Waals surface area contributed by atoms with E-state index < -0.39 is 40.0 Å². The molecule has 0 radical (unpaired) electrons. The van der Waals surface area contributed by atoms with Crippen LogP contribution in [0.4, 0.5) is 0 Å². The summed E-state index contributed by atoms with van der Waals surface area (Å²) in [6.07, 6.45) is 11.4. The molecule has 3 rings (SSSR count). The van der Waals surface area contributed by atoms with Crippen molar-refractivity contribution in [3.05, 3.63) is 81.7 Å². The third-order valence-corrected chi connectivity index (χ3v) is 6.80. The standard InChI is InChI=1S/C24H28N4O7S/c25-11-5-6-12-35-19-10-9-18-13-17(14-22(29)28(18)16-19)23(30)26-15-21(24(31)32)27-36(33,34)20-7-3-1-2-4-8-20/h1-3,7-10,13-14,16,21,27H,4-6,11-12,15,25H2,(H,26,30)(H,31,32)/p+1. The molecule has 36 heavy (non-hydrogen) atoms. The molecule has 2 heterocycles. The Balaban J connectivity index is 1.69. The average molecular weight is 518 g/mol. The number of carbonyl (C=O) groups is 2. The summed E-state index contributed by atoms with van der Waals surface area (Å²) < 4.78 is 34.3. The second kappa shape index (κ2) is 12.3. The Morgan fingerprint density at radius 1 is 1.19 bits per heavy atom. The van der Waals surface area contributed by atoms with Crippen LogP contribution in [-0.2, 0) is 14.8 Å². The summed E-state index contributed by atoms with van der Waals surface area (Å²) in [7, 11) is -4.13. The number of unbranched alkanes of at least 4 members (excludes halogenated alkanes) is 1. The number of rotatable bonds is 12. The van der Waals surface area contributed by atoms with Crippen LogP contribution in [0.1, 0.15) is 29.6 Å². The summed E-state index contributed by atoms with van der Waals surface area (Å²) in [5.41, 5.74) is 3.75. The number of pyridine rings is 2. The van der Waals surface area contributed by atoms with E-state index in [0.717, 1.165) is 25.5 Å². The highest BCUT2D eigenvalue weighted by Gasteiger charge is 2.26. The number of fused-ring (bicyclic) bond motifs is 1. The highest BCUT2D eigenvalue weighted by atomic mass is 32.2. The molecule has 0 aliphatic heterocycles. The van der Waals surface area contributed by atoms with E-state index >= 15 is 0 Å². The van der Waals surface area contributed by atoms with Gasteiger partial charge in [-0.05, 0) is 43.5 Å². The third kappa shape index (κ3) is 7.13. The molecule has 1 atom stereocenters. The average Bonchev–Trinajstić information content (AvgIpc) is 3.14. The minimum atomic E-state index is -4.13. The fraction of sp³-hybridized carbons (Fsp3) is 0.292. The molecule has 1 aliphatic carbocycles. The maximum absolute atomic E-state index is 12.7. The Hall–Kier alpha value is -3.74. The number of quaternary nitrogens is 1. The van der Waals surface area contributed by atoms with Gasteiger partial charge in [-0.15, -0.1) is 0 Å². The van der Waals surface area contributed by atoms with Gasteiger partial charge in [0, 0.05) is 23.7 Å². The Bertz CT molecular complexity index is 1380. The molecule has 0 spiro atoms. The monoisotopic (exact) mass is 517 g/mol. The number of hydrogen-bond donors (Lipinski definition) is 4. The SMILES string of the molecule is [NH3+]CCCCOc1ccc2cc(C(=O)NCC(NS(=O)(=O)C3=CCC=CC=C3)C(=O)O)cc(=O)n2c1. The van der Waals surface area contributed by atoms with E-state index in [4.69, 9.17) is 4.74 Å². The van der Waals surface area contributed by atoms with Crippen molar-refractivity contribution in [2.24, 2.45) is 0 Å². The van der Waals surface area contributed by atoms with Gasteiger partial charge in [0.15, 0.2) is 0 Å². The molecule has 1 unspecified atom stereocenters. The summed E-state index contributed by atoms with van der Waals surface area (Å²) in [6, 6.07) is 4.28. The second-order valence-electron chi connectivity index (χ2n) is 8.00. The normalized spacial score (nSPS) is 14.2. The van der Waals surface area contributed by atoms with Gasteiger partial charge in [0.25, 0.3) is 11.5 Å². The van der Waals surface area contributed by atoms with Crippen LogP contribution in [0.5, 0.6) is 5.75 Å². The van der Waals surface area contributed by atoms with Crippen LogP contribution < -0.4 is 26.1 Å². The molecule has 2 aromatic heterocycles. The van der Waals surface area contributed by atoms with Crippen LogP contribution in [0.25, 0.3) is 5.52 Å². The van der Waals surface area contributed by atoms with E-state index in [1.807, 2.05) is 0 Å². The van der Waals surface area contributed by atoms with Gasteiger partial charge in [0.2, 0.25) is 10.0 Å². The topological polar surface area (TPSA) is 171 Å². The van der Waals surface area contributed by atoms with Crippen molar-refractivity contribution in [1.82, 2.24) is 14.4 Å². The molecule has 0 saturated carbocycles. The molecule has 0 aromatic carbocycles. The lowest BCUT2D eigenvalue weighted by Crippen LogP contribution is -2.50. The van der Waals surface area contributed by atoms with Crippen LogP contribution in [0.3, 0.4) is 0 Å². The van der Waals surface area contributed by atoms with Gasteiger partial charge in [-0.3, -0.25) is 18.8 Å². The maximum Gasteiger partial charge on any atom is 0.323 e. The van der Waals surface area contributed by atoms with E-state index in [0.29, 0.717) is 24.3 Å². The first-order valence-electron chi connectivity index (χ1n) is 11.4. The molecule has 2 aromatic rings. The van der Waals surface area contributed by atoms with Gasteiger partial charge in [0.1, 0.15) is 11.8 Å². The molecule has 11 nitrogen and oxygen atoms in total. The molecule has 0 saturated heterocycles. The van der Waals surface area contributed by atoms with E-state index in [1.165, 1.54) is 34.9 Å². The Morgan fingerprint density at radius 3 is 2.75 bits per heavy atom. The molecule has 0 fully saturated rings. The van der Waals surface area contributed by atoms with Crippen LogP contribution >= 0.6 is 0 Å². The third-order valence-electron chi connectivity index (χ3n) is 5.28. The van der Waals surface area contributed by atoms with E-state index in [2.05, 4.69) is 15.8 Å². The number of ether oxygens (including phenoxy) is 1. The summed E-state index contributed by atoms with van der Waals surface area (Å²) in [5.74, 6) is -1.67. The maximum atomic E-state index is 12.7. The number of carboxylic acid groups (broad SMARTS) is 1. The van der Waals surface area contributed by atoms with Crippen LogP contribution in [0.2, 0.25) is 0 Å². The van der Waals surface area contributed by atoms with E-state index in [-0.39, 0.29) is 10.5 Å². The highest BCUT2D eigenvalue weighted by Crippen LogP contribution is 2.14. The lowest BCUT2D eigenvalue weighted by atomic mass is 10.2. The van der Waals surface area contributed by atoms with Crippen molar-refractivity contribution >= 4 is 27.4 Å². The predicted octanol–water partition coefficient (Wildman–Crippen LogP) is 0.203. The predicted molar refractivity (Wildman–Crippen MR) is 133 cm³/mol. The smallest absolute Gasteiger partial charge is 0.323 e. The summed E-state index contributed by atoms with van der Waals surface area (Å²) in [4.78, 5) is 36.8. The van der Waals surface area contributed by atoms with Crippen molar-refractivity contribution in [1.29, 1.82) is 0 Å². The summed E-state index contributed by atoms with van der Waals surface area (Å²) in [5, 5.41) is 11.9.